The highest BCUT2D eigenvalue weighted by Crippen LogP contribution is 2.34. The van der Waals surface area contributed by atoms with E-state index >= 15 is 0 Å². The lowest BCUT2D eigenvalue weighted by Crippen LogP contribution is -2.34. The highest BCUT2D eigenvalue weighted by molar-refractivity contribution is 8.14. The molecule has 1 fully saturated rings. The molecule has 0 aliphatic carbocycles. The second-order valence-corrected chi connectivity index (χ2v) is 8.93. The first-order chi connectivity index (χ1) is 14.9. The van der Waals surface area contributed by atoms with Crippen LogP contribution in [-0.2, 0) is 16.0 Å². The fourth-order valence-electron chi connectivity index (χ4n) is 3.48. The minimum Gasteiger partial charge on any atom is -0.474 e. The lowest BCUT2D eigenvalue weighted by molar-refractivity contribution is 0.142. The molecule has 0 spiro atoms. The number of benzene rings is 1. The van der Waals surface area contributed by atoms with Crippen molar-refractivity contribution in [3.63, 3.8) is 0 Å². The number of hydrogen-bond acceptors (Lipinski definition) is 7. The summed E-state index contributed by atoms with van der Waals surface area (Å²) in [6.45, 7) is 3.32. The van der Waals surface area contributed by atoms with E-state index in [1.807, 2.05) is 17.7 Å². The third-order valence-electron chi connectivity index (χ3n) is 5.00. The van der Waals surface area contributed by atoms with Crippen LogP contribution in [-0.4, -0.2) is 63.5 Å². The summed E-state index contributed by atoms with van der Waals surface area (Å²) in [6, 6.07) is 4.73. The molecule has 2 aliphatic rings. The van der Waals surface area contributed by atoms with E-state index in [2.05, 4.69) is 10.3 Å². The lowest BCUT2D eigenvalue weighted by Gasteiger charge is -2.19. The molecule has 1 aromatic heterocycles. The van der Waals surface area contributed by atoms with Crippen LogP contribution in [0.3, 0.4) is 0 Å². The maximum absolute atomic E-state index is 15.0. The van der Waals surface area contributed by atoms with E-state index in [1.165, 1.54) is 29.8 Å². The normalized spacial score (nSPS) is 22.9. The summed E-state index contributed by atoms with van der Waals surface area (Å²) in [6.07, 6.45) is 4.42. The fraction of sp³-hybridized carbons (Fsp3) is 0.400. The number of cyclic esters (lactones) is 1. The van der Waals surface area contributed by atoms with E-state index in [9.17, 15) is 9.18 Å². The molecule has 2 atom stereocenters. The molecular formula is C20H22FN5O3S2. The molecule has 0 radical (unpaired) electrons. The molecule has 164 valence electrons. The number of aliphatic imine (C=N–C) groups is 1. The molecule has 2 aromatic rings. The van der Waals surface area contributed by atoms with Gasteiger partial charge in [0, 0.05) is 30.3 Å². The first-order valence-corrected chi connectivity index (χ1v) is 11.0. The highest BCUT2D eigenvalue weighted by atomic mass is 32.2. The number of methoxy groups -OCH3 is 1. The molecule has 11 heteroatoms. The van der Waals surface area contributed by atoms with E-state index in [0.29, 0.717) is 29.4 Å². The Labute approximate surface area is 188 Å². The number of thiocarbonyl (C=S) groups is 1. The molecule has 0 saturated carbocycles. The summed E-state index contributed by atoms with van der Waals surface area (Å²) >= 11 is 6.45. The van der Waals surface area contributed by atoms with Crippen molar-refractivity contribution in [2.45, 2.75) is 25.1 Å². The van der Waals surface area contributed by atoms with Crippen LogP contribution < -0.4 is 10.2 Å². The Bertz CT molecular complexity index is 1020. The minimum atomic E-state index is -0.525. The van der Waals surface area contributed by atoms with Gasteiger partial charge in [0.15, 0.2) is 0 Å². The third kappa shape index (κ3) is 4.82. The molecule has 4 rings (SSSR count). The van der Waals surface area contributed by atoms with Crippen LogP contribution in [0.1, 0.15) is 12.5 Å². The highest BCUT2D eigenvalue weighted by Gasteiger charge is 2.35. The average Bonchev–Trinajstić information content (AvgIpc) is 3.47. The Morgan fingerprint density at radius 2 is 2.35 bits per heavy atom. The average molecular weight is 464 g/mol. The van der Waals surface area contributed by atoms with E-state index in [0.717, 1.165) is 5.75 Å². The molecule has 0 bridgehead atoms. The van der Waals surface area contributed by atoms with Gasteiger partial charge in [0.05, 0.1) is 37.8 Å². The van der Waals surface area contributed by atoms with Gasteiger partial charge < -0.3 is 19.4 Å². The monoisotopic (exact) mass is 463 g/mol. The molecule has 1 aromatic carbocycles. The smallest absolute Gasteiger partial charge is 0.414 e. The van der Waals surface area contributed by atoms with Gasteiger partial charge in [-0.2, -0.15) is 0 Å². The van der Waals surface area contributed by atoms with Gasteiger partial charge in [0.25, 0.3) is 5.17 Å². The number of carbonyl (C=O) groups excluding carboxylic acids is 1. The Balaban J connectivity index is 1.45. The maximum atomic E-state index is 15.0. The van der Waals surface area contributed by atoms with Crippen molar-refractivity contribution in [3.8, 4) is 0 Å². The van der Waals surface area contributed by atoms with Crippen molar-refractivity contribution in [2.24, 2.45) is 4.99 Å². The second kappa shape index (κ2) is 8.83. The predicted molar refractivity (Wildman–Crippen MR) is 121 cm³/mol. The SMILES string of the molecule is COC(=S)NC[C@H]1CN(c2ccc(C3=NC(C)(Cn4ccnc4)CS3)c(F)c2)C(=O)O1. The van der Waals surface area contributed by atoms with Crippen LogP contribution >= 0.6 is 24.0 Å². The van der Waals surface area contributed by atoms with Gasteiger partial charge >= 0.3 is 6.09 Å². The second-order valence-electron chi connectivity index (χ2n) is 7.59. The van der Waals surface area contributed by atoms with E-state index in [1.54, 1.807) is 24.7 Å². The van der Waals surface area contributed by atoms with Crippen molar-refractivity contribution in [1.82, 2.24) is 14.9 Å². The van der Waals surface area contributed by atoms with Gasteiger partial charge in [-0.3, -0.25) is 9.89 Å². The molecule has 1 amide bonds. The summed E-state index contributed by atoms with van der Waals surface area (Å²) in [5.41, 5.74) is 0.528. The molecule has 2 aliphatic heterocycles. The number of rotatable bonds is 6. The van der Waals surface area contributed by atoms with Gasteiger partial charge in [-0.25, -0.2) is 14.2 Å². The van der Waals surface area contributed by atoms with Crippen LogP contribution in [0, 0.1) is 5.82 Å². The number of imidazole rings is 1. The maximum Gasteiger partial charge on any atom is 0.414 e. The van der Waals surface area contributed by atoms with Gasteiger partial charge in [-0.15, -0.1) is 11.8 Å². The standard InChI is InChI=1S/C20H22FN5O3S2/c1-20(10-25-6-5-22-12-25)11-31-17(24-20)15-4-3-13(7-16(15)21)26-9-14(29-19(26)27)8-23-18(30)28-2/h3-7,12,14H,8-11H2,1-2H3,(H,23,30)/t14-,20?/m0/s1. The summed E-state index contributed by atoms with van der Waals surface area (Å²) in [4.78, 5) is 22.5. The van der Waals surface area contributed by atoms with Crippen LogP contribution in [0.4, 0.5) is 14.9 Å². The fourth-order valence-corrected chi connectivity index (χ4v) is 4.77. The van der Waals surface area contributed by atoms with Crippen LogP contribution in [0.15, 0.2) is 41.9 Å². The number of nitrogens with one attached hydrogen (secondary N) is 1. The van der Waals surface area contributed by atoms with E-state index in [4.69, 9.17) is 26.7 Å². The molecular weight excluding hydrogens is 441 g/mol. The zero-order valence-electron chi connectivity index (χ0n) is 17.1. The number of halogens is 1. The number of amides is 1. The number of nitrogens with zero attached hydrogens (tertiary/aromatic N) is 4. The number of anilines is 1. The summed E-state index contributed by atoms with van der Waals surface area (Å²) in [5, 5.41) is 3.73. The molecule has 1 saturated heterocycles. The number of carbonyl (C=O) groups is 1. The van der Waals surface area contributed by atoms with E-state index in [-0.39, 0.29) is 17.3 Å². The van der Waals surface area contributed by atoms with Crippen molar-refractivity contribution in [3.05, 3.63) is 48.3 Å². The largest absolute Gasteiger partial charge is 0.474 e. The number of hydrogen-bond donors (Lipinski definition) is 1. The van der Waals surface area contributed by atoms with Gasteiger partial charge in [0.1, 0.15) is 17.0 Å². The number of thioether (sulfide) groups is 1. The number of ether oxygens (including phenoxy) is 2. The summed E-state index contributed by atoms with van der Waals surface area (Å²) in [7, 11) is 1.46. The Hall–Kier alpha value is -2.66. The summed E-state index contributed by atoms with van der Waals surface area (Å²) < 4.78 is 27.1. The third-order valence-corrected chi connectivity index (χ3v) is 6.66. The minimum absolute atomic E-state index is 0.222. The van der Waals surface area contributed by atoms with Gasteiger partial charge in [-0.1, -0.05) is 0 Å². The van der Waals surface area contributed by atoms with Crippen molar-refractivity contribution >= 4 is 46.0 Å². The molecule has 8 nitrogen and oxygen atoms in total. The van der Waals surface area contributed by atoms with Crippen molar-refractivity contribution in [2.75, 3.05) is 30.9 Å². The first-order valence-electron chi connectivity index (χ1n) is 9.65. The topological polar surface area (TPSA) is 81.0 Å². The van der Waals surface area contributed by atoms with Crippen LogP contribution in [0.5, 0.6) is 0 Å². The molecule has 1 unspecified atom stereocenters. The Morgan fingerprint density at radius 1 is 1.52 bits per heavy atom. The zero-order valence-corrected chi connectivity index (χ0v) is 18.7. The van der Waals surface area contributed by atoms with Gasteiger partial charge in [-0.05, 0) is 37.3 Å². The van der Waals surface area contributed by atoms with Crippen molar-refractivity contribution in [1.29, 1.82) is 0 Å². The quantitative estimate of drug-likeness (QED) is 0.660. The molecule has 3 heterocycles. The first kappa shape index (κ1) is 21.6. The van der Waals surface area contributed by atoms with E-state index < -0.39 is 18.0 Å². The number of aromatic nitrogens is 2. The lowest BCUT2D eigenvalue weighted by atomic mass is 10.1. The van der Waals surface area contributed by atoms with Crippen molar-refractivity contribution < 1.29 is 18.7 Å². The van der Waals surface area contributed by atoms with Crippen LogP contribution in [0.2, 0.25) is 0 Å². The zero-order chi connectivity index (χ0) is 22.0. The Kier molecular flexibility index (Phi) is 6.15. The molecule has 31 heavy (non-hydrogen) atoms. The van der Waals surface area contributed by atoms with Gasteiger partial charge in [0.2, 0.25) is 0 Å². The predicted octanol–water partition coefficient (Wildman–Crippen LogP) is 2.82. The Morgan fingerprint density at radius 3 is 3.06 bits per heavy atom. The molecule has 1 N–H and O–H groups in total. The van der Waals surface area contributed by atoms with Crippen LogP contribution in [0.25, 0.3) is 0 Å². The summed E-state index contributed by atoms with van der Waals surface area (Å²) in [5.74, 6) is 0.323.